The van der Waals surface area contributed by atoms with Crippen LogP contribution in [0.5, 0.6) is 0 Å². The van der Waals surface area contributed by atoms with Crippen molar-refractivity contribution >= 4 is 40.6 Å². The molecular weight excluding hydrogens is 304 g/mol. The van der Waals surface area contributed by atoms with E-state index in [1.54, 1.807) is 11.8 Å². The Balaban J connectivity index is 1.77. The van der Waals surface area contributed by atoms with E-state index in [1.807, 2.05) is 36.4 Å². The number of nitrogens with two attached hydrogens (primary N) is 1. The zero-order chi connectivity index (χ0) is 14.8. The molecule has 2 aromatic carbocycles. The number of carbonyl (C=O) groups excluding carboxylic acids is 1. The standard InChI is InChI=1S/C16H15ClN2OS/c17-12-4-1-10(2-5-12)9-21-15-8-14-11(7-13(15)18)3-6-16(20)19-14/h1-2,4-5,7-8H,3,6,9,18H2,(H,19,20). The van der Waals surface area contributed by atoms with Gasteiger partial charge in [-0.1, -0.05) is 23.7 Å². The molecule has 1 amide bonds. The lowest BCUT2D eigenvalue weighted by Crippen LogP contribution is -2.19. The number of aryl methyl sites for hydroxylation is 1. The van der Waals surface area contributed by atoms with E-state index in [-0.39, 0.29) is 5.91 Å². The Morgan fingerprint density at radius 3 is 2.71 bits per heavy atom. The molecule has 3 nitrogen and oxygen atoms in total. The van der Waals surface area contributed by atoms with Crippen LogP contribution in [0.25, 0.3) is 0 Å². The summed E-state index contributed by atoms with van der Waals surface area (Å²) in [4.78, 5) is 12.5. The number of halogens is 1. The summed E-state index contributed by atoms with van der Waals surface area (Å²) in [5.41, 5.74) is 10.1. The van der Waals surface area contributed by atoms with Crippen LogP contribution in [0.15, 0.2) is 41.3 Å². The highest BCUT2D eigenvalue weighted by molar-refractivity contribution is 7.98. The normalized spacial score (nSPS) is 13.7. The minimum Gasteiger partial charge on any atom is -0.398 e. The van der Waals surface area contributed by atoms with Gasteiger partial charge in [-0.05, 0) is 41.8 Å². The number of thioether (sulfide) groups is 1. The molecule has 0 spiro atoms. The molecule has 0 fully saturated rings. The second-order valence-corrected chi connectivity index (χ2v) is 6.46. The largest absolute Gasteiger partial charge is 0.398 e. The van der Waals surface area contributed by atoms with Crippen molar-refractivity contribution in [1.29, 1.82) is 0 Å². The van der Waals surface area contributed by atoms with Crippen molar-refractivity contribution in [3.8, 4) is 0 Å². The summed E-state index contributed by atoms with van der Waals surface area (Å²) in [6.07, 6.45) is 1.29. The van der Waals surface area contributed by atoms with Crippen molar-refractivity contribution in [2.24, 2.45) is 0 Å². The number of amides is 1. The number of carbonyl (C=O) groups is 1. The van der Waals surface area contributed by atoms with Crippen molar-refractivity contribution in [3.63, 3.8) is 0 Å². The molecule has 0 aromatic heterocycles. The molecule has 108 valence electrons. The van der Waals surface area contributed by atoms with Crippen LogP contribution in [0.4, 0.5) is 11.4 Å². The molecule has 21 heavy (non-hydrogen) atoms. The van der Waals surface area contributed by atoms with Crippen molar-refractivity contribution in [3.05, 3.63) is 52.5 Å². The Hall–Kier alpha value is -1.65. The molecule has 0 atom stereocenters. The van der Waals surface area contributed by atoms with Gasteiger partial charge in [0, 0.05) is 33.5 Å². The van der Waals surface area contributed by atoms with Crippen molar-refractivity contribution in [1.82, 2.24) is 0 Å². The van der Waals surface area contributed by atoms with E-state index in [0.717, 1.165) is 39.0 Å². The number of nitrogens with one attached hydrogen (secondary N) is 1. The monoisotopic (exact) mass is 318 g/mol. The van der Waals surface area contributed by atoms with E-state index in [1.165, 1.54) is 5.56 Å². The highest BCUT2D eigenvalue weighted by Crippen LogP contribution is 2.35. The third-order valence-corrected chi connectivity index (χ3v) is 4.83. The van der Waals surface area contributed by atoms with Crippen molar-refractivity contribution in [2.45, 2.75) is 23.5 Å². The number of hydrogen-bond donors (Lipinski definition) is 2. The lowest BCUT2D eigenvalue weighted by atomic mass is 10.0. The maximum atomic E-state index is 11.5. The minimum atomic E-state index is 0.0703. The van der Waals surface area contributed by atoms with Gasteiger partial charge in [0.1, 0.15) is 0 Å². The summed E-state index contributed by atoms with van der Waals surface area (Å²) in [6, 6.07) is 11.7. The third-order valence-electron chi connectivity index (χ3n) is 3.44. The molecule has 0 unspecified atom stereocenters. The van der Waals surface area contributed by atoms with Gasteiger partial charge in [0.15, 0.2) is 0 Å². The molecule has 0 bridgehead atoms. The van der Waals surface area contributed by atoms with E-state index in [0.29, 0.717) is 6.42 Å². The lowest BCUT2D eigenvalue weighted by molar-refractivity contribution is -0.116. The topological polar surface area (TPSA) is 55.1 Å². The molecule has 0 saturated heterocycles. The Labute approximate surface area is 132 Å². The smallest absolute Gasteiger partial charge is 0.224 e. The predicted molar refractivity (Wildman–Crippen MR) is 88.8 cm³/mol. The third kappa shape index (κ3) is 3.34. The highest BCUT2D eigenvalue weighted by atomic mass is 35.5. The van der Waals surface area contributed by atoms with E-state index < -0.39 is 0 Å². The van der Waals surface area contributed by atoms with Gasteiger partial charge in [0.25, 0.3) is 0 Å². The molecule has 1 aliphatic rings. The van der Waals surface area contributed by atoms with Gasteiger partial charge in [-0.2, -0.15) is 0 Å². The second kappa shape index (κ2) is 6.00. The van der Waals surface area contributed by atoms with E-state index in [2.05, 4.69) is 5.32 Å². The molecule has 3 rings (SSSR count). The second-order valence-electron chi connectivity index (χ2n) is 5.01. The van der Waals surface area contributed by atoms with Gasteiger partial charge in [0.2, 0.25) is 5.91 Å². The van der Waals surface area contributed by atoms with Gasteiger partial charge >= 0.3 is 0 Å². The zero-order valence-electron chi connectivity index (χ0n) is 11.4. The van der Waals surface area contributed by atoms with E-state index in [4.69, 9.17) is 17.3 Å². The van der Waals surface area contributed by atoms with Crippen LogP contribution in [-0.2, 0) is 17.0 Å². The summed E-state index contributed by atoms with van der Waals surface area (Å²) < 4.78 is 0. The average molecular weight is 319 g/mol. The van der Waals surface area contributed by atoms with Crippen LogP contribution in [0.3, 0.4) is 0 Å². The first-order valence-corrected chi connectivity index (χ1v) is 8.07. The van der Waals surface area contributed by atoms with Gasteiger partial charge in [0.05, 0.1) is 0 Å². The summed E-state index contributed by atoms with van der Waals surface area (Å²) >= 11 is 7.54. The number of nitrogen functional groups attached to an aromatic ring is 1. The Bertz CT molecular complexity index is 685. The van der Waals surface area contributed by atoms with Crippen molar-refractivity contribution in [2.75, 3.05) is 11.1 Å². The predicted octanol–water partition coefficient (Wildman–Crippen LogP) is 4.10. The van der Waals surface area contributed by atoms with Crippen LogP contribution in [0.2, 0.25) is 5.02 Å². The molecule has 0 aliphatic carbocycles. The average Bonchev–Trinajstić information content (AvgIpc) is 2.47. The Morgan fingerprint density at radius 1 is 1.19 bits per heavy atom. The maximum absolute atomic E-state index is 11.5. The van der Waals surface area contributed by atoms with Gasteiger partial charge in [-0.25, -0.2) is 0 Å². The number of benzene rings is 2. The maximum Gasteiger partial charge on any atom is 0.224 e. The number of rotatable bonds is 3. The van der Waals surface area contributed by atoms with Crippen LogP contribution in [-0.4, -0.2) is 5.91 Å². The van der Waals surface area contributed by atoms with Crippen LogP contribution in [0.1, 0.15) is 17.5 Å². The van der Waals surface area contributed by atoms with Gasteiger partial charge in [-0.15, -0.1) is 11.8 Å². The van der Waals surface area contributed by atoms with Crippen LogP contribution < -0.4 is 11.1 Å². The molecule has 0 radical (unpaired) electrons. The highest BCUT2D eigenvalue weighted by Gasteiger charge is 2.16. The summed E-state index contributed by atoms with van der Waals surface area (Å²) in [7, 11) is 0. The number of hydrogen-bond acceptors (Lipinski definition) is 3. The SMILES string of the molecule is Nc1cc2c(cc1SCc1ccc(Cl)cc1)NC(=O)CC2. The van der Waals surface area contributed by atoms with E-state index in [9.17, 15) is 4.79 Å². The first-order valence-electron chi connectivity index (χ1n) is 6.71. The number of fused-ring (bicyclic) bond motifs is 1. The van der Waals surface area contributed by atoms with Gasteiger partial charge < -0.3 is 11.1 Å². The fourth-order valence-corrected chi connectivity index (χ4v) is 3.36. The summed E-state index contributed by atoms with van der Waals surface area (Å²) in [5, 5.41) is 3.64. The first kappa shape index (κ1) is 14.3. The fourth-order valence-electron chi connectivity index (χ4n) is 2.29. The Morgan fingerprint density at radius 2 is 1.95 bits per heavy atom. The molecule has 2 aromatic rings. The molecule has 1 aliphatic heterocycles. The minimum absolute atomic E-state index is 0.0703. The van der Waals surface area contributed by atoms with E-state index >= 15 is 0 Å². The molecule has 0 saturated carbocycles. The summed E-state index contributed by atoms with van der Waals surface area (Å²) in [6.45, 7) is 0. The Kier molecular flexibility index (Phi) is 4.08. The fraction of sp³-hybridized carbons (Fsp3) is 0.188. The van der Waals surface area contributed by atoms with Gasteiger partial charge in [-0.3, -0.25) is 4.79 Å². The first-order chi connectivity index (χ1) is 10.1. The lowest BCUT2D eigenvalue weighted by Gasteiger charge is -2.19. The zero-order valence-corrected chi connectivity index (χ0v) is 12.9. The van der Waals surface area contributed by atoms with Crippen molar-refractivity contribution < 1.29 is 4.79 Å². The molecule has 5 heteroatoms. The molecule has 3 N–H and O–H groups in total. The van der Waals surface area contributed by atoms with Crippen LogP contribution >= 0.6 is 23.4 Å². The van der Waals surface area contributed by atoms with Crippen LogP contribution in [0, 0.1) is 0 Å². The summed E-state index contributed by atoms with van der Waals surface area (Å²) in [5.74, 6) is 0.884. The molecular formula is C16H15ClN2OS. The quantitative estimate of drug-likeness (QED) is 0.661. The molecule has 1 heterocycles. The number of anilines is 2.